The Morgan fingerprint density at radius 1 is 1.11 bits per heavy atom. The molecular weight excluding hydrogens is 472 g/mol. The van der Waals surface area contributed by atoms with E-state index in [0.29, 0.717) is 29.2 Å². The summed E-state index contributed by atoms with van der Waals surface area (Å²) in [6, 6.07) is 13.9. The number of hydrogen-bond acceptors (Lipinski definition) is 8. The number of anilines is 1. The molecule has 1 heterocycles. The first-order valence-corrected chi connectivity index (χ1v) is 11.7. The third-order valence-electron chi connectivity index (χ3n) is 4.97. The van der Waals surface area contributed by atoms with Crippen molar-refractivity contribution in [3.63, 3.8) is 0 Å². The molecule has 1 fully saturated rings. The molecule has 184 valence electrons. The molecule has 0 bridgehead atoms. The highest BCUT2D eigenvalue weighted by atomic mass is 32.2. The van der Waals surface area contributed by atoms with E-state index in [2.05, 4.69) is 5.32 Å². The molecule has 2 aromatic rings. The topological polar surface area (TPSA) is 111 Å². The van der Waals surface area contributed by atoms with Crippen molar-refractivity contribution in [3.05, 3.63) is 59.0 Å². The first-order valence-electron chi connectivity index (χ1n) is 10.9. The normalized spacial score (nSPS) is 15.2. The Labute approximate surface area is 207 Å². The summed E-state index contributed by atoms with van der Waals surface area (Å²) in [5, 5.41) is 2.18. The average molecular weight is 499 g/mol. The summed E-state index contributed by atoms with van der Waals surface area (Å²) < 4.78 is 16.1. The lowest BCUT2D eigenvalue weighted by Crippen LogP contribution is -2.35. The Hall–Kier alpha value is -3.79. The van der Waals surface area contributed by atoms with Gasteiger partial charge >= 0.3 is 5.97 Å². The van der Waals surface area contributed by atoms with Crippen molar-refractivity contribution < 1.29 is 33.4 Å². The van der Waals surface area contributed by atoms with Crippen molar-refractivity contribution in [2.24, 2.45) is 0 Å². The monoisotopic (exact) mass is 498 g/mol. The summed E-state index contributed by atoms with van der Waals surface area (Å²) in [6.45, 7) is 2.94. The van der Waals surface area contributed by atoms with Gasteiger partial charge in [0.2, 0.25) is 0 Å². The number of imide groups is 1. The van der Waals surface area contributed by atoms with Crippen LogP contribution < -0.4 is 14.8 Å². The number of rotatable bonds is 10. The minimum atomic E-state index is -0.637. The summed E-state index contributed by atoms with van der Waals surface area (Å²) in [4.78, 5) is 50.1. The quantitative estimate of drug-likeness (QED) is 0.385. The lowest BCUT2D eigenvalue weighted by Gasteiger charge is -2.14. The van der Waals surface area contributed by atoms with E-state index in [1.165, 1.54) is 13.2 Å². The Morgan fingerprint density at radius 3 is 2.54 bits per heavy atom. The number of ether oxygens (including phenoxy) is 3. The second-order valence-electron chi connectivity index (χ2n) is 7.59. The van der Waals surface area contributed by atoms with Crippen molar-refractivity contribution >= 4 is 46.5 Å². The molecule has 3 rings (SSSR count). The van der Waals surface area contributed by atoms with Gasteiger partial charge < -0.3 is 19.5 Å². The predicted molar refractivity (Wildman–Crippen MR) is 132 cm³/mol. The van der Waals surface area contributed by atoms with Crippen LogP contribution in [0.25, 0.3) is 6.08 Å². The Morgan fingerprint density at radius 2 is 1.86 bits per heavy atom. The molecule has 0 aromatic heterocycles. The number of amides is 3. The van der Waals surface area contributed by atoms with E-state index in [-0.39, 0.29) is 23.5 Å². The number of thioether (sulfide) groups is 1. The van der Waals surface area contributed by atoms with Crippen LogP contribution in [0.4, 0.5) is 10.5 Å². The maximum absolute atomic E-state index is 12.7. The van der Waals surface area contributed by atoms with Gasteiger partial charge in [-0.25, -0.2) is 0 Å². The van der Waals surface area contributed by atoms with Crippen LogP contribution in [0.1, 0.15) is 25.8 Å². The lowest BCUT2D eigenvalue weighted by molar-refractivity contribution is -0.150. The second kappa shape index (κ2) is 12.1. The number of nitrogens with one attached hydrogen (secondary N) is 1. The smallest absolute Gasteiger partial charge is 0.326 e. The summed E-state index contributed by atoms with van der Waals surface area (Å²) in [5.74, 6) is -0.848. The van der Waals surface area contributed by atoms with Crippen LogP contribution in [0.5, 0.6) is 11.5 Å². The zero-order chi connectivity index (χ0) is 25.4. The zero-order valence-electron chi connectivity index (χ0n) is 19.6. The molecule has 1 aliphatic rings. The van der Waals surface area contributed by atoms with E-state index in [1.54, 1.807) is 37.3 Å². The molecule has 9 nitrogen and oxygen atoms in total. The van der Waals surface area contributed by atoms with Crippen molar-refractivity contribution in [2.45, 2.75) is 26.4 Å². The molecule has 1 saturated heterocycles. The van der Waals surface area contributed by atoms with Gasteiger partial charge in [-0.1, -0.05) is 31.2 Å². The van der Waals surface area contributed by atoms with Gasteiger partial charge in [0, 0.05) is 5.69 Å². The number of nitrogens with zero attached hydrogens (tertiary/aromatic N) is 1. The molecule has 0 unspecified atom stereocenters. The highest BCUT2D eigenvalue weighted by Crippen LogP contribution is 2.34. The third kappa shape index (κ3) is 7.10. The fraction of sp³-hybridized carbons (Fsp3) is 0.280. The van der Waals surface area contributed by atoms with Gasteiger partial charge in [-0.3, -0.25) is 24.1 Å². The summed E-state index contributed by atoms with van der Waals surface area (Å²) in [7, 11) is 1.45. The molecule has 35 heavy (non-hydrogen) atoms. The maximum Gasteiger partial charge on any atom is 0.326 e. The van der Waals surface area contributed by atoms with Crippen LogP contribution >= 0.6 is 11.8 Å². The van der Waals surface area contributed by atoms with Crippen molar-refractivity contribution in [1.82, 2.24) is 4.90 Å². The van der Waals surface area contributed by atoms with Gasteiger partial charge in [-0.2, -0.15) is 0 Å². The SMILES string of the molecule is CC[C@H](C)OC(=O)CN1C(=O)S/C(=C\c2ccc(OCC(=O)Nc3ccccc3)c(OC)c2)C1=O. The average Bonchev–Trinajstić information content (AvgIpc) is 3.10. The molecule has 0 aliphatic carbocycles. The first kappa shape index (κ1) is 25.8. The van der Waals surface area contributed by atoms with Crippen molar-refractivity contribution in [1.29, 1.82) is 0 Å². The number of methoxy groups -OCH3 is 1. The number of esters is 1. The Bertz CT molecular complexity index is 1130. The van der Waals surface area contributed by atoms with Gasteiger partial charge in [-0.15, -0.1) is 0 Å². The van der Waals surface area contributed by atoms with Crippen LogP contribution in [-0.4, -0.2) is 54.3 Å². The van der Waals surface area contributed by atoms with Crippen LogP contribution in [0.3, 0.4) is 0 Å². The fourth-order valence-corrected chi connectivity index (χ4v) is 3.86. The molecule has 10 heteroatoms. The van der Waals surface area contributed by atoms with Gasteiger partial charge in [-0.05, 0) is 61.0 Å². The van der Waals surface area contributed by atoms with Crippen LogP contribution in [-0.2, 0) is 19.1 Å². The summed E-state index contributed by atoms with van der Waals surface area (Å²) in [6.07, 6.45) is 1.86. The number of benzene rings is 2. The number of hydrogen-bond donors (Lipinski definition) is 1. The number of para-hydroxylation sites is 1. The van der Waals surface area contributed by atoms with E-state index in [0.717, 1.165) is 16.7 Å². The van der Waals surface area contributed by atoms with Crippen LogP contribution in [0, 0.1) is 0 Å². The van der Waals surface area contributed by atoms with E-state index in [1.807, 2.05) is 25.1 Å². The Kier molecular flexibility index (Phi) is 8.91. The standard InChI is InChI=1S/C25H26N2O7S/c1-4-16(2)34-23(29)14-27-24(30)21(35-25(27)31)13-17-10-11-19(20(12-17)32-3)33-15-22(28)26-18-8-6-5-7-9-18/h5-13,16H,4,14-15H2,1-3H3,(H,26,28)/b21-13-/t16-/m0/s1. The van der Waals surface area contributed by atoms with Crippen molar-refractivity contribution in [3.8, 4) is 11.5 Å². The molecule has 0 saturated carbocycles. The molecule has 1 aliphatic heterocycles. The zero-order valence-corrected chi connectivity index (χ0v) is 20.4. The molecule has 3 amide bonds. The lowest BCUT2D eigenvalue weighted by atomic mass is 10.2. The van der Waals surface area contributed by atoms with E-state index < -0.39 is 23.7 Å². The van der Waals surface area contributed by atoms with Gasteiger partial charge in [0.1, 0.15) is 6.54 Å². The van der Waals surface area contributed by atoms with E-state index >= 15 is 0 Å². The fourth-order valence-electron chi connectivity index (χ4n) is 3.02. The maximum atomic E-state index is 12.7. The second-order valence-corrected chi connectivity index (χ2v) is 8.58. The van der Waals surface area contributed by atoms with E-state index in [9.17, 15) is 19.2 Å². The van der Waals surface area contributed by atoms with Crippen LogP contribution in [0.15, 0.2) is 53.4 Å². The largest absolute Gasteiger partial charge is 0.493 e. The van der Waals surface area contributed by atoms with Gasteiger partial charge in [0.15, 0.2) is 18.1 Å². The summed E-state index contributed by atoms with van der Waals surface area (Å²) >= 11 is 0.742. The highest BCUT2D eigenvalue weighted by Gasteiger charge is 2.36. The highest BCUT2D eigenvalue weighted by molar-refractivity contribution is 8.18. The van der Waals surface area contributed by atoms with Gasteiger partial charge in [0.05, 0.1) is 18.1 Å². The van der Waals surface area contributed by atoms with Crippen molar-refractivity contribution in [2.75, 3.05) is 25.6 Å². The molecule has 1 N–H and O–H groups in total. The molecule has 1 atom stereocenters. The van der Waals surface area contributed by atoms with Gasteiger partial charge in [0.25, 0.3) is 17.1 Å². The molecule has 2 aromatic carbocycles. The molecular formula is C25H26N2O7S. The predicted octanol–water partition coefficient (Wildman–Crippen LogP) is 4.09. The summed E-state index contributed by atoms with van der Waals surface area (Å²) in [5.41, 5.74) is 1.24. The minimum Gasteiger partial charge on any atom is -0.493 e. The number of carbonyl (C=O) groups is 4. The van der Waals surface area contributed by atoms with Crippen LogP contribution in [0.2, 0.25) is 0 Å². The van der Waals surface area contributed by atoms with E-state index in [4.69, 9.17) is 14.2 Å². The molecule has 0 spiro atoms. The molecule has 0 radical (unpaired) electrons. The Balaban J connectivity index is 1.64. The number of carbonyl (C=O) groups excluding carboxylic acids is 4. The first-order chi connectivity index (χ1) is 16.8. The third-order valence-corrected chi connectivity index (χ3v) is 5.88. The minimum absolute atomic E-state index is 0.171.